The summed E-state index contributed by atoms with van der Waals surface area (Å²) in [6.07, 6.45) is 0. The average Bonchev–Trinajstić information content (AvgIpc) is 2.34. The van der Waals surface area contributed by atoms with Crippen LogP contribution in [0.3, 0.4) is 0 Å². The molecule has 5 nitrogen and oxygen atoms in total. The second kappa shape index (κ2) is 3.64. The molecule has 0 aliphatic carbocycles. The van der Waals surface area contributed by atoms with E-state index < -0.39 is 0 Å². The van der Waals surface area contributed by atoms with Gasteiger partial charge in [-0.1, -0.05) is 5.16 Å². The standard InChI is InChI=1S/C7H14N4O/c1-5(8)7-9-6(10-12-7)4-11(2)3/h5H,4,8H2,1-3H3. The molecule has 0 saturated heterocycles. The molecule has 0 aromatic carbocycles. The maximum atomic E-state index is 5.55. The monoisotopic (exact) mass is 170 g/mol. The molecule has 1 heterocycles. The van der Waals surface area contributed by atoms with Crippen molar-refractivity contribution in [1.82, 2.24) is 15.0 Å². The van der Waals surface area contributed by atoms with Crippen LogP contribution in [0.2, 0.25) is 0 Å². The van der Waals surface area contributed by atoms with Crippen molar-refractivity contribution in [3.63, 3.8) is 0 Å². The van der Waals surface area contributed by atoms with Gasteiger partial charge in [-0.05, 0) is 21.0 Å². The molecular formula is C7H14N4O. The summed E-state index contributed by atoms with van der Waals surface area (Å²) >= 11 is 0. The zero-order valence-electron chi connectivity index (χ0n) is 7.61. The van der Waals surface area contributed by atoms with Crippen LogP contribution in [0, 0.1) is 0 Å². The average molecular weight is 170 g/mol. The largest absolute Gasteiger partial charge is 0.338 e. The Labute approximate surface area is 71.5 Å². The van der Waals surface area contributed by atoms with Gasteiger partial charge in [-0.3, -0.25) is 0 Å². The normalized spacial score (nSPS) is 13.8. The van der Waals surface area contributed by atoms with E-state index in [1.807, 2.05) is 25.9 Å². The van der Waals surface area contributed by atoms with E-state index >= 15 is 0 Å². The van der Waals surface area contributed by atoms with Gasteiger partial charge in [-0.15, -0.1) is 0 Å². The van der Waals surface area contributed by atoms with Crippen LogP contribution in [-0.2, 0) is 6.54 Å². The molecule has 68 valence electrons. The van der Waals surface area contributed by atoms with Crippen LogP contribution in [0.25, 0.3) is 0 Å². The third kappa shape index (κ3) is 2.28. The van der Waals surface area contributed by atoms with Gasteiger partial charge in [0, 0.05) is 0 Å². The fraction of sp³-hybridized carbons (Fsp3) is 0.714. The van der Waals surface area contributed by atoms with Crippen molar-refractivity contribution >= 4 is 0 Å². The molecule has 0 saturated carbocycles. The first kappa shape index (κ1) is 9.15. The van der Waals surface area contributed by atoms with E-state index in [0.29, 0.717) is 18.3 Å². The number of nitrogens with zero attached hydrogens (tertiary/aromatic N) is 3. The molecule has 5 heteroatoms. The summed E-state index contributed by atoms with van der Waals surface area (Å²) in [7, 11) is 3.89. The van der Waals surface area contributed by atoms with Crippen LogP contribution in [0.1, 0.15) is 24.7 Å². The number of hydrogen-bond donors (Lipinski definition) is 1. The van der Waals surface area contributed by atoms with E-state index in [1.54, 1.807) is 0 Å². The fourth-order valence-electron chi connectivity index (χ4n) is 0.799. The molecule has 0 aliphatic heterocycles. The van der Waals surface area contributed by atoms with Crippen molar-refractivity contribution in [3.05, 3.63) is 11.7 Å². The lowest BCUT2D eigenvalue weighted by atomic mass is 10.4. The summed E-state index contributed by atoms with van der Waals surface area (Å²) in [5, 5.41) is 3.77. The summed E-state index contributed by atoms with van der Waals surface area (Å²) in [6, 6.07) is -0.187. The van der Waals surface area contributed by atoms with Crippen LogP contribution in [0.15, 0.2) is 4.52 Å². The Morgan fingerprint density at radius 2 is 2.25 bits per heavy atom. The molecule has 0 aliphatic rings. The van der Waals surface area contributed by atoms with Crippen molar-refractivity contribution in [2.24, 2.45) is 5.73 Å². The van der Waals surface area contributed by atoms with Crippen molar-refractivity contribution < 1.29 is 4.52 Å². The van der Waals surface area contributed by atoms with Crippen LogP contribution in [0.5, 0.6) is 0 Å². The lowest BCUT2D eigenvalue weighted by Crippen LogP contribution is -2.12. The van der Waals surface area contributed by atoms with E-state index in [1.165, 1.54) is 0 Å². The number of aromatic nitrogens is 2. The third-order valence-electron chi connectivity index (χ3n) is 1.33. The third-order valence-corrected chi connectivity index (χ3v) is 1.33. The van der Waals surface area contributed by atoms with Gasteiger partial charge in [-0.25, -0.2) is 0 Å². The van der Waals surface area contributed by atoms with Crippen LogP contribution >= 0.6 is 0 Å². The maximum Gasteiger partial charge on any atom is 0.243 e. The van der Waals surface area contributed by atoms with Crippen LogP contribution in [-0.4, -0.2) is 29.1 Å². The topological polar surface area (TPSA) is 68.2 Å². The summed E-state index contributed by atoms with van der Waals surface area (Å²) in [5.41, 5.74) is 5.55. The molecule has 0 amide bonds. The van der Waals surface area contributed by atoms with E-state index in [-0.39, 0.29) is 6.04 Å². The first-order chi connectivity index (χ1) is 5.59. The zero-order valence-corrected chi connectivity index (χ0v) is 7.61. The fourth-order valence-corrected chi connectivity index (χ4v) is 0.799. The van der Waals surface area contributed by atoms with Gasteiger partial charge in [0.2, 0.25) is 5.89 Å². The molecule has 1 aromatic rings. The Balaban J connectivity index is 2.64. The van der Waals surface area contributed by atoms with Gasteiger partial charge in [0.15, 0.2) is 5.82 Å². The first-order valence-corrected chi connectivity index (χ1v) is 3.82. The Hall–Kier alpha value is -0.940. The van der Waals surface area contributed by atoms with Crippen molar-refractivity contribution in [1.29, 1.82) is 0 Å². The Kier molecular flexibility index (Phi) is 2.78. The van der Waals surface area contributed by atoms with Gasteiger partial charge in [-0.2, -0.15) is 4.98 Å². The van der Waals surface area contributed by atoms with Crippen molar-refractivity contribution in [2.75, 3.05) is 14.1 Å². The van der Waals surface area contributed by atoms with Crippen LogP contribution < -0.4 is 5.73 Å². The minimum absolute atomic E-state index is 0.187. The zero-order chi connectivity index (χ0) is 9.14. The highest BCUT2D eigenvalue weighted by Gasteiger charge is 2.09. The highest BCUT2D eigenvalue weighted by molar-refractivity contribution is 4.89. The minimum atomic E-state index is -0.187. The highest BCUT2D eigenvalue weighted by atomic mass is 16.5. The molecule has 1 aromatic heterocycles. The number of hydrogen-bond acceptors (Lipinski definition) is 5. The Morgan fingerprint density at radius 3 is 2.67 bits per heavy atom. The summed E-state index contributed by atoms with van der Waals surface area (Å²) in [4.78, 5) is 6.07. The SMILES string of the molecule is CC(N)c1nc(CN(C)C)no1. The van der Waals surface area contributed by atoms with E-state index in [4.69, 9.17) is 10.3 Å². The van der Waals surface area contributed by atoms with Gasteiger partial charge >= 0.3 is 0 Å². The quantitative estimate of drug-likeness (QED) is 0.699. The summed E-state index contributed by atoms with van der Waals surface area (Å²) < 4.78 is 4.91. The van der Waals surface area contributed by atoms with E-state index in [2.05, 4.69) is 10.1 Å². The molecule has 0 spiro atoms. The van der Waals surface area contributed by atoms with Gasteiger partial charge < -0.3 is 15.2 Å². The Morgan fingerprint density at radius 1 is 1.58 bits per heavy atom. The predicted molar refractivity (Wildman–Crippen MR) is 44.3 cm³/mol. The maximum absolute atomic E-state index is 5.55. The summed E-state index contributed by atoms with van der Waals surface area (Å²) in [5.74, 6) is 1.17. The number of rotatable bonds is 3. The molecule has 1 rings (SSSR count). The van der Waals surface area contributed by atoms with Gasteiger partial charge in [0.05, 0.1) is 12.6 Å². The van der Waals surface area contributed by atoms with Crippen LogP contribution in [0.4, 0.5) is 0 Å². The molecule has 0 fully saturated rings. The molecule has 0 bridgehead atoms. The molecule has 0 radical (unpaired) electrons. The second-order valence-electron chi connectivity index (χ2n) is 3.08. The lowest BCUT2D eigenvalue weighted by Gasteiger charge is -2.03. The van der Waals surface area contributed by atoms with E-state index in [0.717, 1.165) is 0 Å². The molecule has 12 heavy (non-hydrogen) atoms. The van der Waals surface area contributed by atoms with Gasteiger partial charge in [0.1, 0.15) is 0 Å². The second-order valence-corrected chi connectivity index (χ2v) is 3.08. The predicted octanol–water partition coefficient (Wildman–Crippen LogP) is 0.151. The van der Waals surface area contributed by atoms with Gasteiger partial charge in [0.25, 0.3) is 0 Å². The smallest absolute Gasteiger partial charge is 0.243 e. The molecule has 2 N–H and O–H groups in total. The molecule has 1 atom stereocenters. The molecular weight excluding hydrogens is 156 g/mol. The van der Waals surface area contributed by atoms with E-state index in [9.17, 15) is 0 Å². The minimum Gasteiger partial charge on any atom is -0.338 e. The van der Waals surface area contributed by atoms with Crippen molar-refractivity contribution in [3.8, 4) is 0 Å². The highest BCUT2D eigenvalue weighted by Crippen LogP contribution is 2.06. The number of nitrogens with two attached hydrogens (primary N) is 1. The Bertz CT molecular complexity index is 243. The lowest BCUT2D eigenvalue weighted by molar-refractivity contribution is 0.340. The summed E-state index contributed by atoms with van der Waals surface area (Å²) in [6.45, 7) is 2.49. The van der Waals surface area contributed by atoms with Crippen molar-refractivity contribution in [2.45, 2.75) is 19.5 Å². The molecule has 1 unspecified atom stereocenters. The first-order valence-electron chi connectivity index (χ1n) is 3.82.